The van der Waals surface area contributed by atoms with E-state index in [4.69, 9.17) is 44.7 Å². The summed E-state index contributed by atoms with van der Waals surface area (Å²) >= 11 is 4.06. The van der Waals surface area contributed by atoms with Crippen molar-refractivity contribution in [2.45, 2.75) is 49.1 Å². The monoisotopic (exact) mass is 718 g/mol. The number of aromatic amines is 1. The average Bonchev–Trinajstić information content (AvgIpc) is 3.77. The molecule has 2 bridgehead atoms. The molecule has 0 spiro atoms. The molecule has 0 aromatic carbocycles. The second kappa shape index (κ2) is 11.6. The van der Waals surface area contributed by atoms with Crippen LogP contribution in [0.3, 0.4) is 0 Å². The summed E-state index contributed by atoms with van der Waals surface area (Å²) in [6, 6.07) is 0. The SMILES string of the molecule is C#S[P@]1(=O)OC[C@H]2O[C@@H](n3cnc4c(N)ncnc43)[C@H](O)[C@@H]2O[P@@](=O)(S)OC[C@H]2O[C@@H](n3cnc4c(=O)[nH]c(N)nc43)[C@H](O1)[C@@H]2O. The lowest BCUT2D eigenvalue weighted by atomic mass is 10.1. The molecule has 10 atom stereocenters. The molecule has 7 heterocycles. The van der Waals surface area contributed by atoms with E-state index in [1.807, 2.05) is 0 Å². The molecule has 3 aliphatic heterocycles. The van der Waals surface area contributed by atoms with Crippen molar-refractivity contribution in [1.29, 1.82) is 0 Å². The summed E-state index contributed by atoms with van der Waals surface area (Å²) in [5, 5.41) is 22.5. The topological polar surface area (TPSA) is 289 Å². The van der Waals surface area contributed by atoms with Crippen molar-refractivity contribution in [2.24, 2.45) is 0 Å². The van der Waals surface area contributed by atoms with Crippen LogP contribution in [0.1, 0.15) is 12.5 Å². The van der Waals surface area contributed by atoms with Crippen LogP contribution in [-0.2, 0) is 36.7 Å². The highest BCUT2D eigenvalue weighted by molar-refractivity contribution is 8.48. The van der Waals surface area contributed by atoms with Gasteiger partial charge in [0.25, 0.3) is 5.56 Å². The first-order valence-corrected chi connectivity index (χ1v) is 18.9. The van der Waals surface area contributed by atoms with E-state index >= 15 is 0 Å². The first-order valence-electron chi connectivity index (χ1n) is 13.2. The zero-order chi connectivity index (χ0) is 32.5. The van der Waals surface area contributed by atoms with Gasteiger partial charge in [-0.2, -0.15) is 4.98 Å². The third kappa shape index (κ3) is 5.42. The van der Waals surface area contributed by atoms with Crippen LogP contribution in [-0.4, -0.2) is 99.1 Å². The van der Waals surface area contributed by atoms with E-state index in [1.165, 1.54) is 28.1 Å². The number of nitrogens with one attached hydrogen (secondary N) is 1. The average molecular weight is 719 g/mol. The molecule has 4 aromatic heterocycles. The maximum atomic E-state index is 13.9. The third-order valence-corrected chi connectivity index (χ3v) is 11.6. The van der Waals surface area contributed by atoms with Gasteiger partial charge >= 0.3 is 13.6 Å². The third-order valence-electron chi connectivity index (χ3n) is 7.44. The van der Waals surface area contributed by atoms with Crippen molar-refractivity contribution in [3.05, 3.63) is 29.3 Å². The van der Waals surface area contributed by atoms with Crippen molar-refractivity contribution in [1.82, 2.24) is 39.0 Å². The molecule has 7 rings (SSSR count). The number of anilines is 2. The van der Waals surface area contributed by atoms with Crippen LogP contribution in [0.15, 0.2) is 23.8 Å². The number of nitrogens with zero attached hydrogens (tertiary/aromatic N) is 7. The molecule has 0 saturated carbocycles. The number of nitrogens with two attached hydrogens (primary N) is 2. The molecule has 4 aromatic rings. The Balaban J connectivity index is 1.23. The Bertz CT molecular complexity index is 2040. The van der Waals surface area contributed by atoms with E-state index in [0.717, 1.165) is 0 Å². The van der Waals surface area contributed by atoms with Crippen molar-refractivity contribution in [2.75, 3.05) is 24.7 Å². The normalized spacial score (nSPS) is 37.0. The van der Waals surface area contributed by atoms with Crippen molar-refractivity contribution < 1.29 is 46.9 Å². The lowest BCUT2D eigenvalue weighted by Crippen LogP contribution is -2.35. The number of aromatic nitrogens is 8. The Hall–Kier alpha value is -3.01. The molecule has 25 heteroatoms. The number of thiol groups is 1. The quantitative estimate of drug-likeness (QED) is 0.117. The molecule has 46 heavy (non-hydrogen) atoms. The zero-order valence-corrected chi connectivity index (χ0v) is 26.4. The first kappa shape index (κ1) is 31.6. The van der Waals surface area contributed by atoms with Crippen LogP contribution in [0.5, 0.6) is 0 Å². The second-order valence-electron chi connectivity index (χ2n) is 10.2. The summed E-state index contributed by atoms with van der Waals surface area (Å²) in [6.45, 7) is -9.92. The standard InChI is InChI=1S/C21H24N10O11P2S2/c1-46-44(36)38-3-8-13(12(33)19(40-8)30-5-26-9-15(22)24-4-25-16(9)30)41-43(35,45)37-2-7-11(32)14(42-44)20(39-7)31-6-27-10-17(31)28-21(23)29-18(10)34/h1,4-8,11-14,19-20,32-33H,2-3H2,(H,35,45)(H2,22,24,25)(H3,23,28,29,34)/t7-,8-,11-,12-,13-,14-,19-,20-,43+,44-/m1/s1. The van der Waals surface area contributed by atoms with E-state index < -0.39 is 81.4 Å². The second-order valence-corrected chi connectivity index (χ2v) is 16.6. The summed E-state index contributed by atoms with van der Waals surface area (Å²) in [4.78, 5) is 35.0. The van der Waals surface area contributed by atoms with Gasteiger partial charge in [-0.05, 0) is 10.8 Å². The van der Waals surface area contributed by atoms with Crippen LogP contribution in [0.2, 0.25) is 0 Å². The van der Waals surface area contributed by atoms with Gasteiger partial charge in [0.1, 0.15) is 48.5 Å². The largest absolute Gasteiger partial charge is 0.418 e. The highest BCUT2D eigenvalue weighted by Crippen LogP contribution is 2.61. The number of ether oxygens (including phenoxy) is 2. The number of imidazole rings is 2. The van der Waals surface area contributed by atoms with E-state index in [1.54, 1.807) is 0 Å². The highest BCUT2D eigenvalue weighted by atomic mass is 32.7. The molecule has 3 aliphatic rings. The fourth-order valence-electron chi connectivity index (χ4n) is 5.34. The number of H-pyrrole nitrogens is 1. The molecule has 0 radical (unpaired) electrons. The van der Waals surface area contributed by atoms with Gasteiger partial charge in [0.15, 0.2) is 35.1 Å². The summed E-state index contributed by atoms with van der Waals surface area (Å²) in [5.74, 6) is -0.153. The van der Waals surface area contributed by atoms with Gasteiger partial charge in [0.05, 0.1) is 25.9 Å². The fraction of sp³-hybridized carbons (Fsp3) is 0.476. The lowest BCUT2D eigenvalue weighted by molar-refractivity contribution is -0.0575. The summed E-state index contributed by atoms with van der Waals surface area (Å²) in [5.41, 5.74) is 17.0. The van der Waals surface area contributed by atoms with E-state index in [-0.39, 0.29) is 44.9 Å². The Labute approximate surface area is 265 Å². The predicted octanol–water partition coefficient (Wildman–Crippen LogP) is -0.0741. The van der Waals surface area contributed by atoms with Gasteiger partial charge in [0, 0.05) is 0 Å². The smallest absolute Gasteiger partial charge is 0.387 e. The molecule has 3 fully saturated rings. The molecule has 7 N–H and O–H groups in total. The number of hydrogen-bond donors (Lipinski definition) is 6. The molecule has 246 valence electrons. The summed E-state index contributed by atoms with van der Waals surface area (Å²) < 4.78 is 64.4. The predicted molar refractivity (Wildman–Crippen MR) is 161 cm³/mol. The van der Waals surface area contributed by atoms with Gasteiger partial charge in [0.2, 0.25) is 5.95 Å². The number of fused-ring (bicyclic) bond motifs is 5. The summed E-state index contributed by atoms with van der Waals surface area (Å²) in [6.07, 6.45) is -7.58. The minimum absolute atomic E-state index is 0.0460. The maximum Gasteiger partial charge on any atom is 0.418 e. The Morgan fingerprint density at radius 2 is 1.63 bits per heavy atom. The molecule has 0 amide bonds. The first-order chi connectivity index (χ1) is 21.9. The number of nitrogen functional groups attached to an aromatic ring is 2. The van der Waals surface area contributed by atoms with Gasteiger partial charge in [-0.15, -0.1) is 0 Å². The number of aliphatic hydroxyl groups excluding tert-OH is 2. The van der Waals surface area contributed by atoms with Crippen LogP contribution < -0.4 is 17.0 Å². The van der Waals surface area contributed by atoms with Crippen molar-refractivity contribution >= 4 is 70.7 Å². The minimum atomic E-state index is -4.38. The van der Waals surface area contributed by atoms with E-state index in [0.29, 0.717) is 0 Å². The molecular formula is C21H24N10O11P2S2. The summed E-state index contributed by atoms with van der Waals surface area (Å²) in [7, 11) is 0.211. The lowest BCUT2D eigenvalue weighted by Gasteiger charge is -2.26. The zero-order valence-electron chi connectivity index (χ0n) is 22.9. The Morgan fingerprint density at radius 1 is 0.935 bits per heavy atom. The minimum Gasteiger partial charge on any atom is -0.387 e. The van der Waals surface area contributed by atoms with Crippen LogP contribution in [0.4, 0.5) is 11.8 Å². The number of hydrogen-bond acceptors (Lipinski definition) is 18. The van der Waals surface area contributed by atoms with Crippen LogP contribution in [0.25, 0.3) is 22.3 Å². The Morgan fingerprint density at radius 3 is 2.39 bits per heavy atom. The van der Waals surface area contributed by atoms with Gasteiger partial charge in [-0.1, -0.05) is 17.9 Å². The van der Waals surface area contributed by atoms with E-state index in [2.05, 4.69) is 42.2 Å². The van der Waals surface area contributed by atoms with Gasteiger partial charge in [-0.25, -0.2) is 29.1 Å². The van der Waals surface area contributed by atoms with Crippen molar-refractivity contribution in [3.8, 4) is 5.69 Å². The van der Waals surface area contributed by atoms with Gasteiger partial charge < -0.3 is 31.2 Å². The fourth-order valence-corrected chi connectivity index (χ4v) is 8.68. The molecule has 21 nitrogen and oxygen atoms in total. The van der Waals surface area contributed by atoms with E-state index in [9.17, 15) is 24.1 Å². The van der Waals surface area contributed by atoms with Gasteiger partial charge in [-0.3, -0.25) is 37.0 Å². The highest BCUT2D eigenvalue weighted by Gasteiger charge is 2.53. The molecule has 0 aliphatic carbocycles. The number of aliphatic hydroxyl groups is 2. The molecular weight excluding hydrogens is 694 g/mol. The van der Waals surface area contributed by atoms with Crippen molar-refractivity contribution in [3.63, 3.8) is 0 Å². The molecule has 3 saturated heterocycles. The maximum absolute atomic E-state index is 13.9. The van der Waals surface area contributed by atoms with Crippen LogP contribution >= 0.6 is 36.6 Å². The molecule has 0 unspecified atom stereocenters. The van der Waals surface area contributed by atoms with Crippen LogP contribution in [0, 0.1) is 5.69 Å². The Kier molecular flexibility index (Phi) is 7.96. The number of rotatable bonds is 2.